The third-order valence-electron chi connectivity index (χ3n) is 2.21. The van der Waals surface area contributed by atoms with E-state index in [-0.39, 0.29) is 0 Å². The van der Waals surface area contributed by atoms with Gasteiger partial charge in [0.2, 0.25) is 0 Å². The number of nitrogens with one attached hydrogen (secondary N) is 1. The molecule has 13 heavy (non-hydrogen) atoms. The Bertz CT molecular complexity index is 272. The minimum absolute atomic E-state index is 0.806. The SMILES string of the molecule is C(=Cc1ccccc1)CNC1CC1. The lowest BCUT2D eigenvalue weighted by molar-refractivity contribution is 0.754. The van der Waals surface area contributed by atoms with Crippen molar-refractivity contribution in [1.29, 1.82) is 0 Å². The summed E-state index contributed by atoms with van der Waals surface area (Å²) in [5, 5.41) is 3.44. The van der Waals surface area contributed by atoms with Crippen LogP contribution in [-0.4, -0.2) is 12.6 Å². The van der Waals surface area contributed by atoms with Gasteiger partial charge in [0.1, 0.15) is 0 Å². The second-order valence-electron chi connectivity index (χ2n) is 3.50. The molecule has 1 aliphatic rings. The smallest absolute Gasteiger partial charge is 0.0140 e. The van der Waals surface area contributed by atoms with Gasteiger partial charge in [-0.05, 0) is 18.4 Å². The zero-order valence-electron chi connectivity index (χ0n) is 7.74. The molecule has 0 bridgehead atoms. The van der Waals surface area contributed by atoms with Gasteiger partial charge in [0.05, 0.1) is 0 Å². The van der Waals surface area contributed by atoms with Crippen molar-refractivity contribution in [3.8, 4) is 0 Å². The van der Waals surface area contributed by atoms with Crippen LogP contribution >= 0.6 is 0 Å². The fourth-order valence-corrected chi connectivity index (χ4v) is 1.28. The zero-order valence-corrected chi connectivity index (χ0v) is 7.74. The average Bonchev–Trinajstić information content (AvgIpc) is 2.98. The maximum atomic E-state index is 3.44. The van der Waals surface area contributed by atoms with Crippen LogP contribution in [0, 0.1) is 0 Å². The lowest BCUT2D eigenvalue weighted by Gasteiger charge is -1.95. The van der Waals surface area contributed by atoms with Crippen LogP contribution in [0.25, 0.3) is 6.08 Å². The van der Waals surface area contributed by atoms with Crippen molar-refractivity contribution in [2.24, 2.45) is 0 Å². The predicted octanol–water partition coefficient (Wildman–Crippen LogP) is 2.45. The van der Waals surface area contributed by atoms with Crippen molar-refractivity contribution in [3.05, 3.63) is 42.0 Å². The van der Waals surface area contributed by atoms with E-state index in [1.165, 1.54) is 18.4 Å². The average molecular weight is 173 g/mol. The Morgan fingerprint density at radius 2 is 2.00 bits per heavy atom. The maximum Gasteiger partial charge on any atom is 0.0140 e. The summed E-state index contributed by atoms with van der Waals surface area (Å²) in [5.74, 6) is 0. The van der Waals surface area contributed by atoms with Gasteiger partial charge in [0.15, 0.2) is 0 Å². The van der Waals surface area contributed by atoms with E-state index in [0.29, 0.717) is 0 Å². The van der Waals surface area contributed by atoms with Crippen molar-refractivity contribution in [1.82, 2.24) is 5.32 Å². The fourth-order valence-electron chi connectivity index (χ4n) is 1.28. The molecule has 1 nitrogen and oxygen atoms in total. The van der Waals surface area contributed by atoms with Gasteiger partial charge in [-0.15, -0.1) is 0 Å². The van der Waals surface area contributed by atoms with E-state index in [0.717, 1.165) is 12.6 Å². The Labute approximate surface area is 79.5 Å². The molecule has 2 rings (SSSR count). The molecular formula is C12H15N. The van der Waals surface area contributed by atoms with Crippen molar-refractivity contribution < 1.29 is 0 Å². The lowest BCUT2D eigenvalue weighted by Crippen LogP contribution is -2.15. The number of benzene rings is 1. The van der Waals surface area contributed by atoms with Gasteiger partial charge in [-0.2, -0.15) is 0 Å². The Morgan fingerprint density at radius 3 is 2.69 bits per heavy atom. The monoisotopic (exact) mass is 173 g/mol. The molecule has 0 saturated heterocycles. The molecule has 1 saturated carbocycles. The lowest BCUT2D eigenvalue weighted by atomic mass is 10.2. The van der Waals surface area contributed by atoms with Crippen LogP contribution in [-0.2, 0) is 0 Å². The van der Waals surface area contributed by atoms with Crippen LogP contribution < -0.4 is 5.32 Å². The molecule has 0 atom stereocenters. The normalized spacial score (nSPS) is 16.6. The molecule has 0 aliphatic heterocycles. The molecule has 1 N–H and O–H groups in total. The molecule has 0 radical (unpaired) electrons. The van der Waals surface area contributed by atoms with Gasteiger partial charge in [-0.3, -0.25) is 0 Å². The number of hydrogen-bond acceptors (Lipinski definition) is 1. The van der Waals surface area contributed by atoms with E-state index < -0.39 is 0 Å². The van der Waals surface area contributed by atoms with Crippen LogP contribution in [0.3, 0.4) is 0 Å². The Hall–Kier alpha value is -1.08. The molecule has 0 spiro atoms. The molecule has 0 aromatic heterocycles. The van der Waals surface area contributed by atoms with Gasteiger partial charge in [-0.25, -0.2) is 0 Å². The van der Waals surface area contributed by atoms with E-state index in [9.17, 15) is 0 Å². The zero-order chi connectivity index (χ0) is 8.93. The second kappa shape index (κ2) is 4.24. The molecule has 1 aromatic rings. The van der Waals surface area contributed by atoms with Gasteiger partial charge in [-0.1, -0.05) is 42.5 Å². The maximum absolute atomic E-state index is 3.44. The van der Waals surface area contributed by atoms with Crippen LogP contribution in [0.2, 0.25) is 0 Å². The van der Waals surface area contributed by atoms with Gasteiger partial charge in [0, 0.05) is 12.6 Å². The van der Waals surface area contributed by atoms with Gasteiger partial charge >= 0.3 is 0 Å². The summed E-state index contributed by atoms with van der Waals surface area (Å²) in [6.45, 7) is 1.000. The van der Waals surface area contributed by atoms with Crippen LogP contribution in [0.4, 0.5) is 0 Å². The highest BCUT2D eigenvalue weighted by Crippen LogP contribution is 2.18. The van der Waals surface area contributed by atoms with Gasteiger partial charge < -0.3 is 5.32 Å². The molecule has 0 amide bonds. The summed E-state index contributed by atoms with van der Waals surface area (Å²) >= 11 is 0. The summed E-state index contributed by atoms with van der Waals surface area (Å²) in [5.41, 5.74) is 1.28. The fraction of sp³-hybridized carbons (Fsp3) is 0.333. The minimum atomic E-state index is 0.806. The third-order valence-corrected chi connectivity index (χ3v) is 2.21. The van der Waals surface area contributed by atoms with Crippen molar-refractivity contribution in [2.45, 2.75) is 18.9 Å². The summed E-state index contributed by atoms with van der Waals surface area (Å²) in [4.78, 5) is 0. The summed E-state index contributed by atoms with van der Waals surface area (Å²) in [6.07, 6.45) is 7.07. The van der Waals surface area contributed by atoms with E-state index >= 15 is 0 Å². The van der Waals surface area contributed by atoms with Crippen molar-refractivity contribution >= 4 is 6.08 Å². The number of hydrogen-bond donors (Lipinski definition) is 1. The highest BCUT2D eigenvalue weighted by Gasteiger charge is 2.18. The Balaban J connectivity index is 1.76. The predicted molar refractivity (Wildman–Crippen MR) is 56.5 cm³/mol. The van der Waals surface area contributed by atoms with Crippen LogP contribution in [0.15, 0.2) is 36.4 Å². The first-order valence-corrected chi connectivity index (χ1v) is 4.90. The Kier molecular flexibility index (Phi) is 2.78. The Morgan fingerprint density at radius 1 is 1.23 bits per heavy atom. The van der Waals surface area contributed by atoms with E-state index in [2.05, 4.69) is 41.7 Å². The molecule has 0 heterocycles. The van der Waals surface area contributed by atoms with E-state index in [1.807, 2.05) is 6.07 Å². The summed E-state index contributed by atoms with van der Waals surface area (Å²) in [6, 6.07) is 11.2. The largest absolute Gasteiger partial charge is 0.311 e. The summed E-state index contributed by atoms with van der Waals surface area (Å²) < 4.78 is 0. The highest BCUT2D eigenvalue weighted by atomic mass is 14.9. The second-order valence-corrected chi connectivity index (χ2v) is 3.50. The van der Waals surface area contributed by atoms with Crippen LogP contribution in [0.1, 0.15) is 18.4 Å². The van der Waals surface area contributed by atoms with Crippen LogP contribution in [0.5, 0.6) is 0 Å². The highest BCUT2D eigenvalue weighted by molar-refractivity contribution is 5.48. The van der Waals surface area contributed by atoms with E-state index in [1.54, 1.807) is 0 Å². The summed E-state index contributed by atoms with van der Waals surface area (Å²) in [7, 11) is 0. The minimum Gasteiger partial charge on any atom is -0.311 e. The first-order valence-electron chi connectivity index (χ1n) is 4.90. The number of rotatable bonds is 4. The first-order chi connectivity index (χ1) is 6.45. The first kappa shape index (κ1) is 8.52. The molecule has 1 aromatic carbocycles. The molecule has 1 heteroatoms. The van der Waals surface area contributed by atoms with Crippen molar-refractivity contribution in [3.63, 3.8) is 0 Å². The van der Waals surface area contributed by atoms with Gasteiger partial charge in [0.25, 0.3) is 0 Å². The quantitative estimate of drug-likeness (QED) is 0.737. The molecule has 68 valence electrons. The standard InChI is InChI=1S/C12H15N/c1-2-5-11(6-3-1)7-4-10-13-12-8-9-12/h1-7,12-13H,8-10H2. The molecule has 0 unspecified atom stereocenters. The molecular weight excluding hydrogens is 158 g/mol. The third kappa shape index (κ3) is 3.03. The van der Waals surface area contributed by atoms with E-state index in [4.69, 9.17) is 0 Å². The topological polar surface area (TPSA) is 12.0 Å². The van der Waals surface area contributed by atoms with Crippen molar-refractivity contribution in [2.75, 3.05) is 6.54 Å². The molecule has 1 fully saturated rings. The molecule has 1 aliphatic carbocycles.